The normalized spacial score (nSPS) is 19.6. The predicted molar refractivity (Wildman–Crippen MR) is 93.3 cm³/mol. The molecule has 1 aliphatic heterocycles. The van der Waals surface area contributed by atoms with Crippen LogP contribution >= 0.6 is 0 Å². The van der Waals surface area contributed by atoms with Crippen LogP contribution in [0.4, 0.5) is 0 Å². The van der Waals surface area contributed by atoms with Crippen molar-refractivity contribution < 1.29 is 8.42 Å². The lowest BCUT2D eigenvalue weighted by Gasteiger charge is -2.27. The lowest BCUT2D eigenvalue weighted by molar-refractivity contribution is 0.237. The molecule has 1 saturated heterocycles. The zero-order chi connectivity index (χ0) is 17.5. The number of aryl methyl sites for hydroxylation is 2. The molecule has 1 fully saturated rings. The van der Waals surface area contributed by atoms with Crippen LogP contribution in [0.3, 0.4) is 0 Å². The first-order valence-corrected chi connectivity index (χ1v) is 9.78. The van der Waals surface area contributed by atoms with E-state index in [0.29, 0.717) is 18.2 Å². The summed E-state index contributed by atoms with van der Waals surface area (Å²) in [5.74, 6) is 0. The van der Waals surface area contributed by atoms with Gasteiger partial charge in [0.1, 0.15) is 4.90 Å². The van der Waals surface area contributed by atoms with E-state index in [9.17, 15) is 8.42 Å². The van der Waals surface area contributed by atoms with Gasteiger partial charge in [0.25, 0.3) is 0 Å². The lowest BCUT2D eigenvalue weighted by Crippen LogP contribution is -2.41. The summed E-state index contributed by atoms with van der Waals surface area (Å²) < 4.78 is 29.0. The predicted octanol–water partition coefficient (Wildman–Crippen LogP) is 1.38. The summed E-state index contributed by atoms with van der Waals surface area (Å²) in [7, 11) is -0.0878. The molecule has 2 aromatic heterocycles. The maximum absolute atomic E-state index is 12.9. The Balaban J connectivity index is 1.88. The maximum Gasteiger partial charge on any atom is 0.244 e. The van der Waals surface area contributed by atoms with Gasteiger partial charge >= 0.3 is 0 Å². The maximum atomic E-state index is 12.9. The van der Waals surface area contributed by atoms with Gasteiger partial charge in [0.2, 0.25) is 10.0 Å². The van der Waals surface area contributed by atoms with Crippen LogP contribution in [-0.4, -0.2) is 65.1 Å². The molecule has 0 radical (unpaired) electrons. The summed E-state index contributed by atoms with van der Waals surface area (Å²) in [5.41, 5.74) is 1.48. The van der Waals surface area contributed by atoms with Gasteiger partial charge in [0.05, 0.1) is 5.69 Å². The minimum atomic E-state index is -3.55. The van der Waals surface area contributed by atoms with Crippen molar-refractivity contribution in [2.45, 2.75) is 37.6 Å². The number of hydrogen-bond acceptors (Lipinski definition) is 5. The quantitative estimate of drug-likeness (QED) is 0.814. The molecule has 7 nitrogen and oxygen atoms in total. The highest BCUT2D eigenvalue weighted by Crippen LogP contribution is 2.23. The second-order valence-electron chi connectivity index (χ2n) is 6.46. The molecule has 132 valence electrons. The number of likely N-dealkylation sites (N-methyl/N-ethyl adjacent to an activating group) is 2. The van der Waals surface area contributed by atoms with Gasteiger partial charge < -0.3 is 0 Å². The van der Waals surface area contributed by atoms with E-state index in [-0.39, 0.29) is 4.90 Å². The SMILES string of the molecule is CCN1CCCC1CN(C)S(=O)(=O)c1cnc2c(c1)c(C)nn2C. The van der Waals surface area contributed by atoms with Gasteiger partial charge in [0, 0.05) is 38.3 Å². The smallest absolute Gasteiger partial charge is 0.244 e. The summed E-state index contributed by atoms with van der Waals surface area (Å²) in [4.78, 5) is 6.87. The van der Waals surface area contributed by atoms with Gasteiger partial charge in [-0.1, -0.05) is 6.92 Å². The van der Waals surface area contributed by atoms with E-state index >= 15 is 0 Å². The van der Waals surface area contributed by atoms with Crippen molar-refractivity contribution in [3.05, 3.63) is 18.0 Å². The van der Waals surface area contributed by atoms with Crippen molar-refractivity contribution in [2.75, 3.05) is 26.7 Å². The van der Waals surface area contributed by atoms with Crippen molar-refractivity contribution in [1.29, 1.82) is 0 Å². The van der Waals surface area contributed by atoms with Gasteiger partial charge in [0.15, 0.2) is 5.65 Å². The molecule has 2 aromatic rings. The minimum absolute atomic E-state index is 0.231. The fraction of sp³-hybridized carbons (Fsp3) is 0.625. The molecular formula is C16H25N5O2S. The number of hydrogen-bond donors (Lipinski definition) is 0. The molecule has 0 aromatic carbocycles. The Hall–Kier alpha value is -1.51. The van der Waals surface area contributed by atoms with Gasteiger partial charge in [-0.25, -0.2) is 13.4 Å². The fourth-order valence-corrected chi connectivity index (χ4v) is 4.70. The number of likely N-dealkylation sites (tertiary alicyclic amines) is 1. The van der Waals surface area contributed by atoms with Crippen molar-refractivity contribution in [3.63, 3.8) is 0 Å². The molecule has 0 bridgehead atoms. The van der Waals surface area contributed by atoms with E-state index in [4.69, 9.17) is 0 Å². The number of fused-ring (bicyclic) bond motifs is 1. The molecule has 24 heavy (non-hydrogen) atoms. The zero-order valence-corrected chi connectivity index (χ0v) is 15.5. The van der Waals surface area contributed by atoms with Gasteiger partial charge in [-0.2, -0.15) is 9.40 Å². The van der Waals surface area contributed by atoms with Gasteiger partial charge in [-0.15, -0.1) is 0 Å². The molecule has 0 aliphatic carbocycles. The number of aromatic nitrogens is 3. The summed E-state index contributed by atoms with van der Waals surface area (Å²) in [6.45, 7) is 6.51. The van der Waals surface area contributed by atoms with Crippen molar-refractivity contribution in [1.82, 2.24) is 24.0 Å². The first-order valence-electron chi connectivity index (χ1n) is 8.34. The van der Waals surface area contributed by atoms with Crippen LogP contribution in [0.5, 0.6) is 0 Å². The van der Waals surface area contributed by atoms with E-state index in [2.05, 4.69) is 21.9 Å². The number of rotatable bonds is 5. The van der Waals surface area contributed by atoms with Gasteiger partial charge in [-0.05, 0) is 38.9 Å². The molecule has 3 rings (SSSR count). The number of nitrogens with zero attached hydrogens (tertiary/aromatic N) is 5. The summed E-state index contributed by atoms with van der Waals surface area (Å²) >= 11 is 0. The van der Waals surface area contributed by atoms with Crippen molar-refractivity contribution in [3.8, 4) is 0 Å². The molecule has 0 saturated carbocycles. The molecule has 0 amide bonds. The van der Waals surface area contributed by atoms with E-state index < -0.39 is 10.0 Å². The molecule has 8 heteroatoms. The van der Waals surface area contributed by atoms with Crippen molar-refractivity contribution >= 4 is 21.1 Å². The molecule has 0 N–H and O–H groups in total. The Labute approximate surface area is 143 Å². The Morgan fingerprint density at radius 3 is 2.88 bits per heavy atom. The molecule has 1 unspecified atom stereocenters. The third-order valence-electron chi connectivity index (χ3n) is 4.92. The Bertz CT molecular complexity index is 846. The molecule has 0 spiro atoms. The topological polar surface area (TPSA) is 71.3 Å². The van der Waals surface area contributed by atoms with Gasteiger partial charge in [-0.3, -0.25) is 9.58 Å². The highest BCUT2D eigenvalue weighted by molar-refractivity contribution is 7.89. The second kappa shape index (κ2) is 6.42. The monoisotopic (exact) mass is 351 g/mol. The average molecular weight is 351 g/mol. The molecular weight excluding hydrogens is 326 g/mol. The standard InChI is InChI=1S/C16H25N5O2S/c1-5-21-8-6-7-13(21)11-19(3)24(22,23)14-9-15-12(2)18-20(4)16(15)17-10-14/h9-10,13H,5-8,11H2,1-4H3. The highest BCUT2D eigenvalue weighted by Gasteiger charge is 2.29. The lowest BCUT2D eigenvalue weighted by atomic mass is 10.2. The number of pyridine rings is 1. The van der Waals surface area contributed by atoms with Crippen LogP contribution in [0.25, 0.3) is 11.0 Å². The molecule has 1 atom stereocenters. The third-order valence-corrected chi connectivity index (χ3v) is 6.71. The summed E-state index contributed by atoms with van der Waals surface area (Å²) in [6.07, 6.45) is 3.61. The summed E-state index contributed by atoms with van der Waals surface area (Å²) in [6, 6.07) is 1.98. The summed E-state index contributed by atoms with van der Waals surface area (Å²) in [5, 5.41) is 5.08. The molecule has 3 heterocycles. The van der Waals surface area contributed by atoms with Crippen LogP contribution in [0, 0.1) is 6.92 Å². The first-order chi connectivity index (χ1) is 11.3. The van der Waals surface area contributed by atoms with E-state index in [1.54, 1.807) is 17.8 Å². The van der Waals surface area contributed by atoms with Crippen LogP contribution < -0.4 is 0 Å². The average Bonchev–Trinajstić information content (AvgIpc) is 3.11. The van der Waals surface area contributed by atoms with Crippen LogP contribution in [-0.2, 0) is 17.1 Å². The van der Waals surface area contributed by atoms with E-state index in [1.165, 1.54) is 10.5 Å². The Morgan fingerprint density at radius 2 is 2.17 bits per heavy atom. The zero-order valence-electron chi connectivity index (χ0n) is 14.7. The third kappa shape index (κ3) is 2.94. The van der Waals surface area contributed by atoms with Crippen LogP contribution in [0.1, 0.15) is 25.5 Å². The first kappa shape index (κ1) is 17.3. The minimum Gasteiger partial charge on any atom is -0.299 e. The fourth-order valence-electron chi connectivity index (χ4n) is 3.52. The second-order valence-corrected chi connectivity index (χ2v) is 8.51. The Kier molecular flexibility index (Phi) is 4.63. The molecule has 1 aliphatic rings. The van der Waals surface area contributed by atoms with E-state index in [0.717, 1.165) is 37.0 Å². The van der Waals surface area contributed by atoms with Crippen LogP contribution in [0.15, 0.2) is 17.2 Å². The van der Waals surface area contributed by atoms with Crippen LogP contribution in [0.2, 0.25) is 0 Å². The Morgan fingerprint density at radius 1 is 1.42 bits per heavy atom. The largest absolute Gasteiger partial charge is 0.299 e. The van der Waals surface area contributed by atoms with Crippen molar-refractivity contribution in [2.24, 2.45) is 7.05 Å². The van der Waals surface area contributed by atoms with E-state index in [1.807, 2.05) is 14.0 Å². The number of sulfonamides is 1. The highest BCUT2D eigenvalue weighted by atomic mass is 32.2.